The van der Waals surface area contributed by atoms with Gasteiger partial charge in [-0.05, 0) is 74.8 Å². The van der Waals surface area contributed by atoms with Crippen LogP contribution in [0.5, 0.6) is 0 Å². The summed E-state index contributed by atoms with van der Waals surface area (Å²) in [4.78, 5) is 29.5. The molecule has 1 aliphatic carbocycles. The molecule has 0 unspecified atom stereocenters. The second-order valence-electron chi connectivity index (χ2n) is 9.83. The molecule has 1 saturated heterocycles. The van der Waals surface area contributed by atoms with Crippen LogP contribution in [0.2, 0.25) is 0 Å². The second kappa shape index (κ2) is 11.4. The van der Waals surface area contributed by atoms with E-state index < -0.39 is 5.97 Å². The van der Waals surface area contributed by atoms with Gasteiger partial charge in [-0.25, -0.2) is 0 Å². The summed E-state index contributed by atoms with van der Waals surface area (Å²) in [5, 5.41) is 16.9. The van der Waals surface area contributed by atoms with Crippen LogP contribution >= 0.6 is 0 Å². The predicted molar refractivity (Wildman–Crippen MR) is 138 cm³/mol. The number of nitrogens with two attached hydrogens (primary N) is 1. The smallest absolute Gasteiger partial charge is 0.306 e. The number of rotatable bonds is 8. The largest absolute Gasteiger partial charge is 0.481 e. The van der Waals surface area contributed by atoms with Gasteiger partial charge >= 0.3 is 5.97 Å². The van der Waals surface area contributed by atoms with Crippen molar-refractivity contribution >= 4 is 23.4 Å². The van der Waals surface area contributed by atoms with Gasteiger partial charge in [0.05, 0.1) is 5.92 Å². The van der Waals surface area contributed by atoms with Crippen molar-refractivity contribution in [1.82, 2.24) is 4.90 Å². The van der Waals surface area contributed by atoms with Crippen LogP contribution in [0.1, 0.15) is 49.7 Å². The summed E-state index contributed by atoms with van der Waals surface area (Å²) in [5.41, 5.74) is 8.59. The number of hydrogen-bond donors (Lipinski definition) is 3. The van der Waals surface area contributed by atoms with Crippen LogP contribution in [-0.4, -0.2) is 53.4 Å². The number of aliphatic carboxylic acids is 1. The van der Waals surface area contributed by atoms with Gasteiger partial charge in [-0.1, -0.05) is 30.3 Å². The summed E-state index contributed by atoms with van der Waals surface area (Å²) in [6, 6.07) is 18.1. The van der Waals surface area contributed by atoms with Gasteiger partial charge in [0.1, 0.15) is 5.84 Å². The molecule has 1 saturated carbocycles. The van der Waals surface area contributed by atoms with Crippen LogP contribution in [0.3, 0.4) is 0 Å². The van der Waals surface area contributed by atoms with E-state index in [1.807, 2.05) is 42.5 Å². The number of benzene rings is 2. The number of hydrogen-bond acceptors (Lipinski definition) is 4. The number of amidine groups is 1. The van der Waals surface area contributed by atoms with E-state index in [1.165, 1.54) is 5.56 Å². The van der Waals surface area contributed by atoms with Crippen molar-refractivity contribution in [1.29, 1.82) is 5.41 Å². The topological polar surface area (TPSA) is 111 Å². The van der Waals surface area contributed by atoms with Gasteiger partial charge < -0.3 is 20.6 Å². The maximum Gasteiger partial charge on any atom is 0.306 e. The quantitative estimate of drug-likeness (QED) is 0.395. The minimum atomic E-state index is -0.714. The molecular formula is C28H36N4O3. The molecule has 4 N–H and O–H groups in total. The van der Waals surface area contributed by atoms with Gasteiger partial charge in [-0.2, -0.15) is 0 Å². The molecule has 2 aliphatic rings. The first kappa shape index (κ1) is 24.8. The Morgan fingerprint density at radius 1 is 0.914 bits per heavy atom. The van der Waals surface area contributed by atoms with E-state index in [-0.39, 0.29) is 29.6 Å². The van der Waals surface area contributed by atoms with Gasteiger partial charge in [-0.15, -0.1) is 0 Å². The fourth-order valence-electron chi connectivity index (χ4n) is 5.47. The Bertz CT molecular complexity index is 1010. The summed E-state index contributed by atoms with van der Waals surface area (Å²) >= 11 is 0. The molecule has 1 aliphatic heterocycles. The van der Waals surface area contributed by atoms with Crippen LogP contribution in [0, 0.1) is 17.2 Å². The van der Waals surface area contributed by atoms with Crippen molar-refractivity contribution in [3.63, 3.8) is 0 Å². The van der Waals surface area contributed by atoms with Crippen LogP contribution in [-0.2, 0) is 16.0 Å². The Morgan fingerprint density at radius 3 is 2.11 bits per heavy atom. The lowest BCUT2D eigenvalue weighted by Gasteiger charge is -2.40. The highest BCUT2D eigenvalue weighted by Crippen LogP contribution is 2.31. The minimum absolute atomic E-state index is 0.00397. The summed E-state index contributed by atoms with van der Waals surface area (Å²) in [6.45, 7) is 2.31. The van der Waals surface area contributed by atoms with Gasteiger partial charge in [0, 0.05) is 42.8 Å². The number of carboxylic acids is 1. The highest BCUT2D eigenvalue weighted by atomic mass is 16.4. The van der Waals surface area contributed by atoms with E-state index in [9.17, 15) is 14.7 Å². The van der Waals surface area contributed by atoms with Crippen LogP contribution in [0.4, 0.5) is 5.69 Å². The summed E-state index contributed by atoms with van der Waals surface area (Å²) in [6.07, 6.45) is 5.23. The maximum atomic E-state index is 13.8. The molecule has 186 valence electrons. The number of carboxylic acid groups (broad SMARTS) is 1. The lowest BCUT2D eigenvalue weighted by atomic mass is 9.84. The number of nitrogen functional groups attached to an aromatic ring is 1. The van der Waals surface area contributed by atoms with E-state index in [0.717, 1.165) is 50.9 Å². The number of carbonyl (C=O) groups excluding carboxylic acids is 1. The first-order chi connectivity index (χ1) is 16.9. The molecule has 7 nitrogen and oxygen atoms in total. The third-order valence-corrected chi connectivity index (χ3v) is 7.64. The zero-order valence-electron chi connectivity index (χ0n) is 20.2. The van der Waals surface area contributed by atoms with Crippen molar-refractivity contribution in [3.05, 3.63) is 65.7 Å². The molecule has 35 heavy (non-hydrogen) atoms. The van der Waals surface area contributed by atoms with Crippen LogP contribution < -0.4 is 10.6 Å². The number of amides is 1. The van der Waals surface area contributed by atoms with E-state index in [2.05, 4.69) is 21.9 Å². The van der Waals surface area contributed by atoms with Crippen molar-refractivity contribution in [2.75, 3.05) is 24.5 Å². The molecule has 1 amide bonds. The molecule has 0 spiro atoms. The molecule has 1 heterocycles. The summed E-state index contributed by atoms with van der Waals surface area (Å²) in [5.74, 6) is -0.708. The first-order valence-corrected chi connectivity index (χ1v) is 12.7. The Balaban J connectivity index is 1.39. The number of nitrogens with zero attached hydrogens (tertiary/aromatic N) is 2. The molecule has 4 rings (SSSR count). The fraction of sp³-hybridized carbons (Fsp3) is 0.464. The monoisotopic (exact) mass is 476 g/mol. The van der Waals surface area contributed by atoms with Crippen molar-refractivity contribution in [2.24, 2.45) is 17.6 Å². The maximum absolute atomic E-state index is 13.8. The Labute approximate surface area is 207 Å². The van der Waals surface area contributed by atoms with Gasteiger partial charge in [0.15, 0.2) is 0 Å². The molecule has 0 atom stereocenters. The fourth-order valence-corrected chi connectivity index (χ4v) is 5.47. The number of piperidine rings is 1. The van der Waals surface area contributed by atoms with E-state index in [1.54, 1.807) is 0 Å². The summed E-state index contributed by atoms with van der Waals surface area (Å²) < 4.78 is 0. The van der Waals surface area contributed by atoms with Crippen molar-refractivity contribution < 1.29 is 14.7 Å². The van der Waals surface area contributed by atoms with E-state index in [4.69, 9.17) is 11.1 Å². The van der Waals surface area contributed by atoms with Gasteiger partial charge in [-0.3, -0.25) is 15.0 Å². The zero-order chi connectivity index (χ0) is 24.8. The Morgan fingerprint density at radius 2 is 1.54 bits per heavy atom. The average Bonchev–Trinajstić information content (AvgIpc) is 2.89. The van der Waals surface area contributed by atoms with Crippen LogP contribution in [0.25, 0.3) is 0 Å². The van der Waals surface area contributed by atoms with E-state index >= 15 is 0 Å². The standard InChI is InChI=1S/C28H36N4O3/c29-26(30)21-6-10-24(11-7-21)31-17-15-22(16-18-31)27(33)32(19-14-20-4-2-1-3-5-20)25-12-8-23(9-13-25)28(34)35/h1-7,10-11,22-23,25H,8-9,12-19H2,(H3,29,30)(H,34,35)/t23-,25-. The van der Waals surface area contributed by atoms with Gasteiger partial charge in [0.2, 0.25) is 5.91 Å². The molecule has 2 aromatic rings. The first-order valence-electron chi connectivity index (χ1n) is 12.7. The SMILES string of the molecule is N=C(N)c1ccc(N2CCC(C(=O)N(CCc3ccccc3)[C@H]3CC[C@H](C(=O)O)CC3)CC2)cc1. The Hall–Kier alpha value is -3.35. The molecule has 0 bridgehead atoms. The van der Waals surface area contributed by atoms with Crippen molar-refractivity contribution in [3.8, 4) is 0 Å². The molecular weight excluding hydrogens is 440 g/mol. The average molecular weight is 477 g/mol. The number of nitrogens with one attached hydrogen (secondary N) is 1. The second-order valence-corrected chi connectivity index (χ2v) is 9.83. The third kappa shape index (κ3) is 6.21. The summed E-state index contributed by atoms with van der Waals surface area (Å²) in [7, 11) is 0. The highest BCUT2D eigenvalue weighted by Gasteiger charge is 2.35. The lowest BCUT2D eigenvalue weighted by molar-refractivity contribution is -0.144. The molecule has 2 aromatic carbocycles. The lowest BCUT2D eigenvalue weighted by Crippen LogP contribution is -2.49. The Kier molecular flexibility index (Phi) is 8.06. The highest BCUT2D eigenvalue weighted by molar-refractivity contribution is 5.95. The van der Waals surface area contributed by atoms with E-state index in [0.29, 0.717) is 24.9 Å². The molecule has 7 heteroatoms. The zero-order valence-corrected chi connectivity index (χ0v) is 20.2. The number of carbonyl (C=O) groups is 2. The van der Waals surface area contributed by atoms with Crippen molar-refractivity contribution in [2.45, 2.75) is 51.0 Å². The predicted octanol–water partition coefficient (Wildman–Crippen LogP) is 3.90. The minimum Gasteiger partial charge on any atom is -0.481 e. The normalized spacial score (nSPS) is 20.9. The molecule has 2 fully saturated rings. The number of anilines is 1. The van der Waals surface area contributed by atoms with Crippen LogP contribution in [0.15, 0.2) is 54.6 Å². The third-order valence-electron chi connectivity index (χ3n) is 7.64. The molecule has 0 aromatic heterocycles. The van der Waals surface area contributed by atoms with Gasteiger partial charge in [0.25, 0.3) is 0 Å². The molecule has 0 radical (unpaired) electrons.